The predicted molar refractivity (Wildman–Crippen MR) is 77.4 cm³/mol. The van der Waals surface area contributed by atoms with E-state index in [2.05, 4.69) is 23.7 Å². The molecule has 0 amide bonds. The van der Waals surface area contributed by atoms with Gasteiger partial charge in [0.25, 0.3) is 0 Å². The Morgan fingerprint density at radius 3 is 2.74 bits per heavy atom. The van der Waals surface area contributed by atoms with Crippen molar-refractivity contribution < 1.29 is 9.52 Å². The molecule has 0 saturated carbocycles. The van der Waals surface area contributed by atoms with Gasteiger partial charge in [-0.25, -0.2) is 4.98 Å². The summed E-state index contributed by atoms with van der Waals surface area (Å²) in [5.74, 6) is 1.42. The molecule has 0 radical (unpaired) electrons. The maximum absolute atomic E-state index is 9.41. The lowest BCUT2D eigenvalue weighted by atomic mass is 9.96. The molecule has 4 heteroatoms. The highest BCUT2D eigenvalue weighted by molar-refractivity contribution is 5.77. The van der Waals surface area contributed by atoms with Gasteiger partial charge in [-0.05, 0) is 18.1 Å². The number of aryl methyl sites for hydroxylation is 1. The zero-order chi connectivity index (χ0) is 14.0. The van der Waals surface area contributed by atoms with Crippen LogP contribution in [-0.4, -0.2) is 30.3 Å². The van der Waals surface area contributed by atoms with Crippen LogP contribution in [-0.2, 0) is 0 Å². The molecule has 4 nitrogen and oxygen atoms in total. The molecule has 1 N–H and O–H groups in total. The van der Waals surface area contributed by atoms with Crippen molar-refractivity contribution in [3.05, 3.63) is 24.1 Å². The van der Waals surface area contributed by atoms with Gasteiger partial charge in [-0.15, -0.1) is 0 Å². The first-order chi connectivity index (χ1) is 9.01. The lowest BCUT2D eigenvalue weighted by Gasteiger charge is -2.26. The SMILES string of the molecule is Cc1nc2ccc(N(C)CC(CO)C(C)C)cc2o1. The molecule has 0 bridgehead atoms. The molecule has 0 aliphatic carbocycles. The van der Waals surface area contributed by atoms with Crippen LogP contribution < -0.4 is 4.90 Å². The first-order valence-electron chi connectivity index (χ1n) is 6.70. The molecule has 0 aliphatic rings. The zero-order valence-corrected chi connectivity index (χ0v) is 12.1. The second-order valence-electron chi connectivity index (χ2n) is 5.45. The van der Waals surface area contributed by atoms with Gasteiger partial charge in [-0.2, -0.15) is 0 Å². The Hall–Kier alpha value is -1.55. The Balaban J connectivity index is 2.18. The van der Waals surface area contributed by atoms with Crippen LogP contribution in [0.1, 0.15) is 19.7 Å². The van der Waals surface area contributed by atoms with Crippen LogP contribution in [0.2, 0.25) is 0 Å². The number of hydrogen-bond donors (Lipinski definition) is 1. The number of oxazole rings is 1. The molecule has 0 spiro atoms. The Morgan fingerprint density at radius 1 is 1.37 bits per heavy atom. The smallest absolute Gasteiger partial charge is 0.192 e. The van der Waals surface area contributed by atoms with E-state index in [0.717, 1.165) is 23.3 Å². The average molecular weight is 262 g/mol. The van der Waals surface area contributed by atoms with Gasteiger partial charge in [0.05, 0.1) is 0 Å². The molecule has 2 aromatic rings. The monoisotopic (exact) mass is 262 g/mol. The molecule has 2 rings (SSSR count). The first kappa shape index (κ1) is 13.9. The topological polar surface area (TPSA) is 49.5 Å². The Labute approximate surface area is 114 Å². The fraction of sp³-hybridized carbons (Fsp3) is 0.533. The third-order valence-corrected chi connectivity index (χ3v) is 3.61. The average Bonchev–Trinajstić information content (AvgIpc) is 2.74. The second-order valence-corrected chi connectivity index (χ2v) is 5.45. The number of hydrogen-bond acceptors (Lipinski definition) is 4. The number of benzene rings is 1. The maximum atomic E-state index is 9.41. The quantitative estimate of drug-likeness (QED) is 0.900. The van der Waals surface area contributed by atoms with Crippen LogP contribution in [0, 0.1) is 18.8 Å². The Kier molecular flexibility index (Phi) is 4.10. The number of aliphatic hydroxyl groups excluding tert-OH is 1. The van der Waals surface area contributed by atoms with Gasteiger partial charge in [0, 0.05) is 44.8 Å². The number of aliphatic hydroxyl groups is 1. The summed E-state index contributed by atoms with van der Waals surface area (Å²) >= 11 is 0. The van der Waals surface area contributed by atoms with E-state index in [-0.39, 0.29) is 12.5 Å². The number of anilines is 1. The van der Waals surface area contributed by atoms with E-state index in [4.69, 9.17) is 4.42 Å². The van der Waals surface area contributed by atoms with Gasteiger partial charge in [-0.3, -0.25) is 0 Å². The van der Waals surface area contributed by atoms with Crippen molar-refractivity contribution >= 4 is 16.8 Å². The second kappa shape index (κ2) is 5.61. The largest absolute Gasteiger partial charge is 0.441 e. The van der Waals surface area contributed by atoms with Crippen molar-refractivity contribution in [2.45, 2.75) is 20.8 Å². The standard InChI is InChI=1S/C15H22N2O2/c1-10(2)12(9-18)8-17(4)13-5-6-14-15(7-13)19-11(3)16-14/h5-7,10,12,18H,8-9H2,1-4H3. The number of nitrogens with zero attached hydrogens (tertiary/aromatic N) is 2. The molecule has 0 fully saturated rings. The zero-order valence-electron chi connectivity index (χ0n) is 12.1. The minimum absolute atomic E-state index is 0.214. The highest BCUT2D eigenvalue weighted by atomic mass is 16.3. The predicted octanol–water partition coefficient (Wildman–Crippen LogP) is 2.84. The summed E-state index contributed by atoms with van der Waals surface area (Å²) < 4.78 is 5.55. The molecule has 0 saturated heterocycles. The Bertz CT molecular complexity index is 548. The van der Waals surface area contributed by atoms with Crippen molar-refractivity contribution in [3.63, 3.8) is 0 Å². The Morgan fingerprint density at radius 2 is 2.11 bits per heavy atom. The van der Waals surface area contributed by atoms with Crippen molar-refractivity contribution in [1.82, 2.24) is 4.98 Å². The number of fused-ring (bicyclic) bond motifs is 1. The van der Waals surface area contributed by atoms with Crippen LogP contribution in [0.5, 0.6) is 0 Å². The molecule has 1 aromatic heterocycles. The molecule has 1 aromatic carbocycles. The third-order valence-electron chi connectivity index (χ3n) is 3.61. The minimum atomic E-state index is 0.214. The van der Waals surface area contributed by atoms with Crippen LogP contribution in [0.25, 0.3) is 11.1 Å². The summed E-state index contributed by atoms with van der Waals surface area (Å²) in [7, 11) is 2.04. The third kappa shape index (κ3) is 3.07. The lowest BCUT2D eigenvalue weighted by molar-refractivity contribution is 0.193. The van der Waals surface area contributed by atoms with Crippen molar-refractivity contribution in [2.75, 3.05) is 25.1 Å². The van der Waals surface area contributed by atoms with Crippen molar-refractivity contribution in [1.29, 1.82) is 0 Å². The van der Waals surface area contributed by atoms with Crippen LogP contribution in [0.3, 0.4) is 0 Å². The van der Waals surface area contributed by atoms with Gasteiger partial charge in [0.15, 0.2) is 11.5 Å². The fourth-order valence-electron chi connectivity index (χ4n) is 2.20. The molecule has 19 heavy (non-hydrogen) atoms. The molecule has 1 atom stereocenters. The van der Waals surface area contributed by atoms with Gasteiger partial charge >= 0.3 is 0 Å². The van der Waals surface area contributed by atoms with Gasteiger partial charge in [0.2, 0.25) is 0 Å². The molecule has 104 valence electrons. The van der Waals surface area contributed by atoms with Gasteiger partial charge in [0.1, 0.15) is 5.52 Å². The van der Waals surface area contributed by atoms with E-state index in [9.17, 15) is 5.11 Å². The summed E-state index contributed by atoms with van der Waals surface area (Å²) in [6, 6.07) is 6.02. The van der Waals surface area contributed by atoms with Crippen LogP contribution in [0.4, 0.5) is 5.69 Å². The fourth-order valence-corrected chi connectivity index (χ4v) is 2.20. The molecule has 1 heterocycles. The summed E-state index contributed by atoms with van der Waals surface area (Å²) in [4.78, 5) is 6.44. The van der Waals surface area contributed by atoms with E-state index in [0.29, 0.717) is 11.8 Å². The molecular weight excluding hydrogens is 240 g/mol. The molecule has 0 aliphatic heterocycles. The first-order valence-corrected chi connectivity index (χ1v) is 6.70. The highest BCUT2D eigenvalue weighted by Gasteiger charge is 2.15. The highest BCUT2D eigenvalue weighted by Crippen LogP contribution is 2.23. The summed E-state index contributed by atoms with van der Waals surface area (Å²) in [5.41, 5.74) is 2.78. The van der Waals surface area contributed by atoms with Crippen LogP contribution in [0.15, 0.2) is 22.6 Å². The summed E-state index contributed by atoms with van der Waals surface area (Å²) in [5, 5.41) is 9.41. The van der Waals surface area contributed by atoms with Gasteiger partial charge in [-0.1, -0.05) is 13.8 Å². The minimum Gasteiger partial charge on any atom is -0.441 e. The van der Waals surface area contributed by atoms with E-state index in [1.807, 2.05) is 32.2 Å². The van der Waals surface area contributed by atoms with Crippen LogP contribution >= 0.6 is 0 Å². The molecule has 1 unspecified atom stereocenters. The van der Waals surface area contributed by atoms with E-state index >= 15 is 0 Å². The van der Waals surface area contributed by atoms with Crippen molar-refractivity contribution in [2.24, 2.45) is 11.8 Å². The van der Waals surface area contributed by atoms with E-state index < -0.39 is 0 Å². The van der Waals surface area contributed by atoms with E-state index in [1.165, 1.54) is 0 Å². The van der Waals surface area contributed by atoms with E-state index in [1.54, 1.807) is 0 Å². The maximum Gasteiger partial charge on any atom is 0.192 e. The summed E-state index contributed by atoms with van der Waals surface area (Å²) in [6.07, 6.45) is 0. The van der Waals surface area contributed by atoms with Crippen molar-refractivity contribution in [3.8, 4) is 0 Å². The normalized spacial score (nSPS) is 13.2. The summed E-state index contributed by atoms with van der Waals surface area (Å²) in [6.45, 7) is 7.16. The number of rotatable bonds is 5. The molecular formula is C15H22N2O2. The number of aromatic nitrogens is 1. The lowest BCUT2D eigenvalue weighted by Crippen LogP contribution is -2.30. The van der Waals surface area contributed by atoms with Gasteiger partial charge < -0.3 is 14.4 Å².